The Balaban J connectivity index is 2.95. The van der Waals surface area contributed by atoms with Crippen molar-refractivity contribution in [2.24, 2.45) is 0 Å². The molecule has 0 radical (unpaired) electrons. The molecule has 0 fully saturated rings. The van der Waals surface area contributed by atoms with Crippen LogP contribution in [0.5, 0.6) is 0 Å². The van der Waals surface area contributed by atoms with E-state index in [-0.39, 0.29) is 0 Å². The fourth-order valence-electron chi connectivity index (χ4n) is 0.753. The molecule has 0 saturated heterocycles. The number of allylic oxidation sites excluding steroid dienone is 1. The first-order chi connectivity index (χ1) is 5.86. The van der Waals surface area contributed by atoms with Gasteiger partial charge in [0.1, 0.15) is 6.29 Å². The molecule has 0 aliphatic carbocycles. The highest BCUT2D eigenvalue weighted by Crippen LogP contribution is 2.00. The summed E-state index contributed by atoms with van der Waals surface area (Å²) in [5.41, 5.74) is 1.17. The van der Waals surface area contributed by atoms with Crippen LogP contribution in [-0.4, -0.2) is 11.3 Å². The van der Waals surface area contributed by atoms with Gasteiger partial charge in [-0.3, -0.25) is 9.78 Å². The average Bonchev–Trinajstić information content (AvgIpc) is 2.15. The molecule has 58 valence electrons. The number of nitrogens with zero attached hydrogens (tertiary/aromatic N) is 2. The molecule has 0 unspecified atom stereocenters. The zero-order valence-electron chi connectivity index (χ0n) is 6.27. The van der Waals surface area contributed by atoms with Gasteiger partial charge < -0.3 is 0 Å². The van der Waals surface area contributed by atoms with Crippen LogP contribution < -0.4 is 0 Å². The van der Waals surface area contributed by atoms with Gasteiger partial charge in [-0.15, -0.1) is 0 Å². The van der Waals surface area contributed by atoms with Gasteiger partial charge in [0, 0.05) is 17.8 Å². The third-order valence-electron chi connectivity index (χ3n) is 1.27. The quantitative estimate of drug-likeness (QED) is 0.483. The van der Waals surface area contributed by atoms with Crippen LogP contribution in [0.3, 0.4) is 0 Å². The predicted molar refractivity (Wildman–Crippen MR) is 44.3 cm³/mol. The van der Waals surface area contributed by atoms with Gasteiger partial charge in [-0.1, -0.05) is 0 Å². The van der Waals surface area contributed by atoms with Gasteiger partial charge in [0.2, 0.25) is 0 Å². The topological polar surface area (TPSA) is 53.8 Å². The highest BCUT2D eigenvalue weighted by Gasteiger charge is 1.90. The fourth-order valence-corrected chi connectivity index (χ4v) is 0.753. The van der Waals surface area contributed by atoms with Gasteiger partial charge in [-0.25, -0.2) is 0 Å². The molecule has 0 aliphatic heterocycles. The van der Waals surface area contributed by atoms with Crippen molar-refractivity contribution in [3.63, 3.8) is 0 Å². The number of pyridine rings is 1. The third-order valence-corrected chi connectivity index (χ3v) is 1.27. The van der Waals surface area contributed by atoms with Crippen molar-refractivity contribution in [3.8, 4) is 6.07 Å². The second-order valence-corrected chi connectivity index (χ2v) is 2.09. The zero-order chi connectivity index (χ0) is 8.81. The highest BCUT2D eigenvalue weighted by molar-refractivity contribution is 5.75. The molecule has 1 heterocycles. The summed E-state index contributed by atoms with van der Waals surface area (Å²) in [7, 11) is 0. The van der Waals surface area contributed by atoms with E-state index in [0.29, 0.717) is 11.3 Å². The molecular formula is C9H6N2O. The Morgan fingerprint density at radius 2 is 2.42 bits per heavy atom. The van der Waals surface area contributed by atoms with Crippen molar-refractivity contribution in [3.05, 3.63) is 35.7 Å². The highest BCUT2D eigenvalue weighted by atomic mass is 16.1. The van der Waals surface area contributed by atoms with E-state index in [1.54, 1.807) is 18.2 Å². The largest absolute Gasteiger partial charge is 0.298 e. The number of aldehydes is 1. The lowest BCUT2D eigenvalue weighted by Crippen LogP contribution is -1.84. The number of carbonyl (C=O) groups is 1. The molecule has 0 aromatic carbocycles. The van der Waals surface area contributed by atoms with Crippen LogP contribution in [0, 0.1) is 11.3 Å². The first-order valence-corrected chi connectivity index (χ1v) is 3.34. The van der Waals surface area contributed by atoms with Gasteiger partial charge in [-0.2, -0.15) is 5.26 Å². The summed E-state index contributed by atoms with van der Waals surface area (Å²) in [4.78, 5) is 14.2. The molecular weight excluding hydrogens is 152 g/mol. The molecule has 12 heavy (non-hydrogen) atoms. The van der Waals surface area contributed by atoms with Gasteiger partial charge in [-0.05, 0) is 18.2 Å². The van der Waals surface area contributed by atoms with Crippen molar-refractivity contribution in [2.75, 3.05) is 0 Å². The Hall–Kier alpha value is -1.95. The van der Waals surface area contributed by atoms with Crippen LogP contribution in [-0.2, 0) is 0 Å². The van der Waals surface area contributed by atoms with E-state index in [0.717, 1.165) is 6.29 Å². The number of aromatic nitrogens is 1. The van der Waals surface area contributed by atoms with E-state index in [4.69, 9.17) is 5.26 Å². The predicted octanol–water partition coefficient (Wildman–Crippen LogP) is 1.43. The molecule has 0 bridgehead atoms. The van der Waals surface area contributed by atoms with E-state index >= 15 is 0 Å². The molecule has 1 aromatic rings. The maximum Gasteiger partial charge on any atom is 0.150 e. The molecule has 3 heteroatoms. The minimum Gasteiger partial charge on any atom is -0.298 e. The molecule has 0 aliphatic rings. The first kappa shape index (κ1) is 8.15. The molecule has 1 rings (SSSR count). The van der Waals surface area contributed by atoms with Crippen LogP contribution in [0.1, 0.15) is 16.1 Å². The van der Waals surface area contributed by atoms with E-state index in [1.165, 1.54) is 12.3 Å². The summed E-state index contributed by atoms with van der Waals surface area (Å²) in [5, 5.41) is 8.22. The maximum absolute atomic E-state index is 10.3. The summed E-state index contributed by atoms with van der Waals surface area (Å²) in [6.07, 6.45) is 5.14. The lowest BCUT2D eigenvalue weighted by atomic mass is 10.2. The summed E-state index contributed by atoms with van der Waals surface area (Å²) in [5.74, 6) is 0. The molecule has 0 spiro atoms. The number of hydrogen-bond acceptors (Lipinski definition) is 3. The Kier molecular flexibility index (Phi) is 2.74. The molecule has 0 atom stereocenters. The summed E-state index contributed by atoms with van der Waals surface area (Å²) < 4.78 is 0. The Bertz CT molecular complexity index is 350. The van der Waals surface area contributed by atoms with Gasteiger partial charge >= 0.3 is 0 Å². The van der Waals surface area contributed by atoms with Gasteiger partial charge in [0.15, 0.2) is 0 Å². The molecule has 3 nitrogen and oxygen atoms in total. The number of carbonyl (C=O) groups excluding carboxylic acids is 1. The lowest BCUT2D eigenvalue weighted by molar-refractivity contribution is 0.112. The minimum atomic E-state index is 0.558. The molecule has 0 saturated carbocycles. The smallest absolute Gasteiger partial charge is 0.150 e. The summed E-state index contributed by atoms with van der Waals surface area (Å²) in [6, 6.07) is 5.06. The normalized spacial score (nSPS) is 9.58. The molecule has 0 amide bonds. The second-order valence-electron chi connectivity index (χ2n) is 2.09. The van der Waals surface area contributed by atoms with E-state index in [9.17, 15) is 4.79 Å². The van der Waals surface area contributed by atoms with Crippen molar-refractivity contribution in [1.29, 1.82) is 5.26 Å². The van der Waals surface area contributed by atoms with E-state index in [1.807, 2.05) is 6.07 Å². The van der Waals surface area contributed by atoms with E-state index in [2.05, 4.69) is 4.98 Å². The lowest BCUT2D eigenvalue weighted by Gasteiger charge is -1.91. The van der Waals surface area contributed by atoms with Crippen LogP contribution in [0.25, 0.3) is 6.08 Å². The van der Waals surface area contributed by atoms with Crippen molar-refractivity contribution in [1.82, 2.24) is 4.98 Å². The van der Waals surface area contributed by atoms with Crippen molar-refractivity contribution < 1.29 is 4.79 Å². The molecule has 0 N–H and O–H groups in total. The summed E-state index contributed by atoms with van der Waals surface area (Å²) in [6.45, 7) is 0. The Labute approximate surface area is 70.0 Å². The number of rotatable bonds is 2. The Morgan fingerprint density at radius 1 is 1.58 bits per heavy atom. The fraction of sp³-hybridized carbons (Fsp3) is 0. The van der Waals surface area contributed by atoms with Gasteiger partial charge in [0.25, 0.3) is 0 Å². The summed E-state index contributed by atoms with van der Waals surface area (Å²) >= 11 is 0. The van der Waals surface area contributed by atoms with Crippen LogP contribution in [0.4, 0.5) is 0 Å². The van der Waals surface area contributed by atoms with Crippen LogP contribution in [0.15, 0.2) is 24.4 Å². The average molecular weight is 158 g/mol. The Morgan fingerprint density at radius 3 is 3.08 bits per heavy atom. The molecule has 1 aromatic heterocycles. The monoisotopic (exact) mass is 158 g/mol. The third kappa shape index (κ3) is 2.03. The van der Waals surface area contributed by atoms with Gasteiger partial charge in [0.05, 0.1) is 11.8 Å². The number of nitriles is 1. The van der Waals surface area contributed by atoms with Crippen molar-refractivity contribution >= 4 is 12.4 Å². The zero-order valence-corrected chi connectivity index (χ0v) is 6.27. The van der Waals surface area contributed by atoms with E-state index < -0.39 is 0 Å². The second kappa shape index (κ2) is 4.04. The number of hydrogen-bond donors (Lipinski definition) is 0. The standard InChI is InChI=1S/C9H6N2O/c10-4-1-2-9-6-8(7-12)3-5-11-9/h1-3,5-7H. The maximum atomic E-state index is 10.3. The SMILES string of the molecule is N#CC=Cc1cc(C=O)ccn1. The first-order valence-electron chi connectivity index (χ1n) is 3.34. The minimum absolute atomic E-state index is 0.558. The van der Waals surface area contributed by atoms with Crippen LogP contribution >= 0.6 is 0 Å². The van der Waals surface area contributed by atoms with Crippen molar-refractivity contribution in [2.45, 2.75) is 0 Å². The van der Waals surface area contributed by atoms with Crippen LogP contribution in [0.2, 0.25) is 0 Å².